The van der Waals surface area contributed by atoms with Crippen molar-refractivity contribution in [2.24, 2.45) is 0 Å². The fraction of sp³-hybridized carbons (Fsp3) is 0.273. The number of carbonyl (C=O) groups excluding carboxylic acids is 1. The summed E-state index contributed by atoms with van der Waals surface area (Å²) in [5.41, 5.74) is 5.28. The molecular formula is C22H24N4O5S2. The van der Waals surface area contributed by atoms with Crippen molar-refractivity contribution in [3.63, 3.8) is 0 Å². The van der Waals surface area contributed by atoms with Gasteiger partial charge in [0.2, 0.25) is 0 Å². The molecule has 33 heavy (non-hydrogen) atoms. The maximum Gasteiger partial charge on any atom is 0.368 e. The van der Waals surface area contributed by atoms with Crippen LogP contribution < -0.4 is 20.1 Å². The fourth-order valence-corrected chi connectivity index (χ4v) is 5.39. The molecule has 1 aliphatic rings. The highest BCUT2D eigenvalue weighted by Crippen LogP contribution is 2.29. The molecule has 1 unspecified atom stereocenters. The van der Waals surface area contributed by atoms with Crippen LogP contribution in [0.25, 0.3) is 11.3 Å². The first-order chi connectivity index (χ1) is 15.9. The minimum absolute atomic E-state index is 0.150. The van der Waals surface area contributed by atoms with Crippen LogP contribution in [0.4, 0.5) is 10.8 Å². The number of sulfonamides is 1. The second-order valence-electron chi connectivity index (χ2n) is 7.48. The van der Waals surface area contributed by atoms with Gasteiger partial charge in [0, 0.05) is 10.9 Å². The molecule has 0 radical (unpaired) electrons. The van der Waals surface area contributed by atoms with E-state index in [1.807, 2.05) is 43.3 Å². The van der Waals surface area contributed by atoms with Crippen molar-refractivity contribution < 1.29 is 22.8 Å². The molecule has 174 valence electrons. The van der Waals surface area contributed by atoms with Gasteiger partial charge >= 0.3 is 5.97 Å². The third-order valence-corrected chi connectivity index (χ3v) is 7.29. The smallest absolute Gasteiger partial charge is 0.368 e. The van der Waals surface area contributed by atoms with Gasteiger partial charge in [-0.2, -0.15) is 0 Å². The van der Waals surface area contributed by atoms with Crippen molar-refractivity contribution in [1.82, 2.24) is 10.6 Å². The largest absolute Gasteiger partial charge is 0.494 e. The van der Waals surface area contributed by atoms with Crippen LogP contribution in [-0.4, -0.2) is 31.4 Å². The van der Waals surface area contributed by atoms with Gasteiger partial charge in [0.15, 0.2) is 5.13 Å². The summed E-state index contributed by atoms with van der Waals surface area (Å²) in [6.07, 6.45) is 2.05. The maximum atomic E-state index is 13.0. The Labute approximate surface area is 196 Å². The van der Waals surface area contributed by atoms with Crippen LogP contribution in [0.3, 0.4) is 0 Å². The topological polar surface area (TPSA) is 110 Å². The van der Waals surface area contributed by atoms with Crippen LogP contribution in [0.1, 0.15) is 25.3 Å². The standard InChI is InChI=1S/C22H24N4O5S2/c1-3-4-13-30-18-11-7-16(8-12-18)19-14-32-22(23-19)24-33(28,29)20-21(27)31-25-26(20)17-9-5-15(2)6-10-17/h5-12,14,20,25H,3-4,13H2,1-2H3,(H,23,24). The lowest BCUT2D eigenvalue weighted by molar-refractivity contribution is -0.142. The monoisotopic (exact) mass is 488 g/mol. The number of aryl methyl sites for hydroxylation is 1. The van der Waals surface area contributed by atoms with Gasteiger partial charge in [-0.1, -0.05) is 36.6 Å². The lowest BCUT2D eigenvalue weighted by Crippen LogP contribution is -2.46. The number of nitrogens with one attached hydrogen (secondary N) is 2. The number of anilines is 2. The predicted octanol–water partition coefficient (Wildman–Crippen LogP) is 3.85. The molecule has 1 fully saturated rings. The number of hydrogen-bond acceptors (Lipinski definition) is 9. The normalized spacial score (nSPS) is 16.0. The molecule has 1 aliphatic heterocycles. The number of rotatable bonds is 9. The van der Waals surface area contributed by atoms with E-state index < -0.39 is 21.4 Å². The third kappa shape index (κ3) is 5.27. The van der Waals surface area contributed by atoms with Crippen molar-refractivity contribution in [2.75, 3.05) is 16.3 Å². The zero-order chi connectivity index (χ0) is 23.4. The molecule has 11 heteroatoms. The Bertz CT molecular complexity index is 1210. The van der Waals surface area contributed by atoms with Crippen LogP contribution in [0.15, 0.2) is 53.9 Å². The number of benzene rings is 2. The Hall–Kier alpha value is -3.15. The van der Waals surface area contributed by atoms with E-state index in [0.29, 0.717) is 18.0 Å². The third-order valence-electron chi connectivity index (χ3n) is 4.94. The minimum Gasteiger partial charge on any atom is -0.494 e. The first-order valence-corrected chi connectivity index (χ1v) is 12.8. The van der Waals surface area contributed by atoms with Crippen molar-refractivity contribution >= 4 is 38.1 Å². The number of nitrogens with zero attached hydrogens (tertiary/aromatic N) is 2. The zero-order valence-corrected chi connectivity index (χ0v) is 19.8. The van der Waals surface area contributed by atoms with Crippen molar-refractivity contribution in [2.45, 2.75) is 32.1 Å². The van der Waals surface area contributed by atoms with Gasteiger partial charge in [-0.25, -0.2) is 23.2 Å². The van der Waals surface area contributed by atoms with Gasteiger partial charge in [0.25, 0.3) is 15.4 Å². The van der Waals surface area contributed by atoms with Gasteiger partial charge in [-0.15, -0.1) is 11.3 Å². The molecule has 0 bridgehead atoms. The number of carbonyl (C=O) groups is 1. The fourth-order valence-electron chi connectivity index (χ4n) is 3.14. The summed E-state index contributed by atoms with van der Waals surface area (Å²) < 4.78 is 34.1. The number of thiazole rings is 1. The molecule has 0 spiro atoms. The van der Waals surface area contributed by atoms with Crippen LogP contribution in [0.5, 0.6) is 5.75 Å². The number of ether oxygens (including phenoxy) is 1. The molecule has 1 saturated heterocycles. The lowest BCUT2D eigenvalue weighted by atomic mass is 10.2. The summed E-state index contributed by atoms with van der Waals surface area (Å²) in [4.78, 5) is 21.4. The predicted molar refractivity (Wildman–Crippen MR) is 127 cm³/mol. The summed E-state index contributed by atoms with van der Waals surface area (Å²) >= 11 is 1.13. The van der Waals surface area contributed by atoms with Gasteiger partial charge in [-0.3, -0.25) is 4.72 Å². The Kier molecular flexibility index (Phi) is 6.82. The highest BCUT2D eigenvalue weighted by atomic mass is 32.2. The van der Waals surface area contributed by atoms with Crippen LogP contribution >= 0.6 is 11.3 Å². The average Bonchev–Trinajstić information content (AvgIpc) is 3.41. The number of hydrogen-bond donors (Lipinski definition) is 2. The molecule has 9 nitrogen and oxygen atoms in total. The number of aromatic nitrogens is 1. The Morgan fingerprint density at radius 3 is 2.61 bits per heavy atom. The SMILES string of the molecule is CCCCOc1ccc(-c2csc(NS(=O)(=O)C3C(=O)ONN3c3ccc(C)cc3)n2)cc1. The molecule has 1 atom stereocenters. The van der Waals surface area contributed by atoms with Crippen LogP contribution in [-0.2, 0) is 19.7 Å². The van der Waals surface area contributed by atoms with E-state index in [2.05, 4.69) is 22.2 Å². The number of unbranched alkanes of at least 4 members (excludes halogenated alkanes) is 1. The van der Waals surface area contributed by atoms with Crippen molar-refractivity contribution in [1.29, 1.82) is 0 Å². The second-order valence-corrected chi connectivity index (χ2v) is 10.1. The Morgan fingerprint density at radius 2 is 1.91 bits per heavy atom. The van der Waals surface area contributed by atoms with Crippen molar-refractivity contribution in [3.05, 3.63) is 59.5 Å². The van der Waals surface area contributed by atoms with E-state index in [1.165, 1.54) is 0 Å². The van der Waals surface area contributed by atoms with E-state index in [1.54, 1.807) is 17.5 Å². The highest BCUT2D eigenvalue weighted by Gasteiger charge is 2.46. The first kappa shape index (κ1) is 23.0. The van der Waals surface area contributed by atoms with E-state index in [4.69, 9.17) is 9.57 Å². The first-order valence-electron chi connectivity index (χ1n) is 10.4. The quantitative estimate of drug-likeness (QED) is 0.437. The summed E-state index contributed by atoms with van der Waals surface area (Å²) in [5, 5.41) is 1.45. The van der Waals surface area contributed by atoms with Crippen molar-refractivity contribution in [3.8, 4) is 17.0 Å². The molecule has 1 aromatic heterocycles. The van der Waals surface area contributed by atoms with Gasteiger partial charge in [-0.05, 0) is 49.7 Å². The summed E-state index contributed by atoms with van der Waals surface area (Å²) in [5.74, 6) is -0.162. The van der Waals surface area contributed by atoms with Crippen LogP contribution in [0.2, 0.25) is 0 Å². The van der Waals surface area contributed by atoms with Gasteiger partial charge in [0.05, 0.1) is 18.0 Å². The Morgan fingerprint density at radius 1 is 1.18 bits per heavy atom. The lowest BCUT2D eigenvalue weighted by Gasteiger charge is -2.21. The molecule has 0 saturated carbocycles. The van der Waals surface area contributed by atoms with Crippen LogP contribution in [0, 0.1) is 6.92 Å². The summed E-state index contributed by atoms with van der Waals surface area (Å²) in [6, 6.07) is 14.5. The van der Waals surface area contributed by atoms with E-state index in [9.17, 15) is 13.2 Å². The average molecular weight is 489 g/mol. The maximum absolute atomic E-state index is 13.0. The molecule has 2 N–H and O–H groups in total. The highest BCUT2D eigenvalue weighted by molar-refractivity contribution is 7.94. The molecule has 0 amide bonds. The van der Waals surface area contributed by atoms with E-state index in [0.717, 1.165) is 46.1 Å². The Balaban J connectivity index is 1.48. The summed E-state index contributed by atoms with van der Waals surface area (Å²) in [7, 11) is -4.19. The second kappa shape index (κ2) is 9.77. The summed E-state index contributed by atoms with van der Waals surface area (Å²) in [6.45, 7) is 4.68. The van der Waals surface area contributed by atoms with Gasteiger partial charge in [0.1, 0.15) is 5.75 Å². The molecule has 4 rings (SSSR count). The van der Waals surface area contributed by atoms with E-state index in [-0.39, 0.29) is 5.13 Å². The molecular weight excluding hydrogens is 464 g/mol. The number of hydrazine groups is 1. The molecule has 3 aromatic rings. The van der Waals surface area contributed by atoms with E-state index >= 15 is 0 Å². The molecule has 2 heterocycles. The van der Waals surface area contributed by atoms with Gasteiger partial charge < -0.3 is 9.57 Å². The molecule has 2 aromatic carbocycles. The zero-order valence-electron chi connectivity index (χ0n) is 18.1. The minimum atomic E-state index is -4.19. The molecule has 0 aliphatic carbocycles.